The van der Waals surface area contributed by atoms with Crippen LogP contribution in [-0.2, 0) is 10.8 Å². The van der Waals surface area contributed by atoms with Crippen LogP contribution in [0.4, 0.5) is 17.1 Å². The molecule has 9 aromatic carbocycles. The van der Waals surface area contributed by atoms with E-state index in [1.54, 1.807) is 0 Å². The van der Waals surface area contributed by atoms with Gasteiger partial charge in [0.2, 0.25) is 0 Å². The summed E-state index contributed by atoms with van der Waals surface area (Å²) in [6.07, 6.45) is 0. The smallest absolute Gasteiger partial charge is 0.137 e. The summed E-state index contributed by atoms with van der Waals surface area (Å²) >= 11 is 0. The lowest BCUT2D eigenvalue weighted by Crippen LogP contribution is -2.26. The Balaban J connectivity index is 1.05. The molecular weight excluding hydrogens is 715 g/mol. The third-order valence-corrected chi connectivity index (χ3v) is 13.8. The SMILES string of the molecule is CC1(c2cccc3oc4cc(N(c5ccccc5)c5cccc6c5-c5ccccc5C65c6ccccc6-c6ccccc65)ccc4c23)c2ccccc2-c2ccccc21. The number of hydrogen-bond donors (Lipinski definition) is 0. The van der Waals surface area contributed by atoms with Crippen LogP contribution in [0.15, 0.2) is 211 Å². The molecule has 0 saturated heterocycles. The van der Waals surface area contributed by atoms with Gasteiger partial charge in [0.05, 0.1) is 11.1 Å². The Labute approximate surface area is 343 Å². The van der Waals surface area contributed by atoms with Crippen LogP contribution < -0.4 is 4.90 Å². The molecule has 0 saturated carbocycles. The van der Waals surface area contributed by atoms with Crippen molar-refractivity contribution in [3.63, 3.8) is 0 Å². The first kappa shape index (κ1) is 32.6. The molecule has 0 aliphatic heterocycles. The van der Waals surface area contributed by atoms with Crippen LogP contribution in [0.25, 0.3) is 55.3 Å². The number of fused-ring (bicyclic) bond motifs is 16. The zero-order valence-electron chi connectivity index (χ0n) is 32.5. The van der Waals surface area contributed by atoms with E-state index in [0.717, 1.165) is 33.6 Å². The van der Waals surface area contributed by atoms with Gasteiger partial charge in [0.25, 0.3) is 0 Å². The molecule has 1 aromatic heterocycles. The van der Waals surface area contributed by atoms with Gasteiger partial charge in [-0.05, 0) is 110 Å². The molecule has 2 nitrogen and oxygen atoms in total. The quantitative estimate of drug-likeness (QED) is 0.178. The van der Waals surface area contributed by atoms with Gasteiger partial charge in [0.15, 0.2) is 0 Å². The average Bonchev–Trinajstić information content (AvgIpc) is 4.00. The highest BCUT2D eigenvalue weighted by Crippen LogP contribution is 2.65. The van der Waals surface area contributed by atoms with Crippen LogP contribution in [0.1, 0.15) is 45.9 Å². The molecule has 0 atom stereocenters. The maximum atomic E-state index is 6.91. The summed E-state index contributed by atoms with van der Waals surface area (Å²) in [7, 11) is 0. The van der Waals surface area contributed by atoms with Crippen molar-refractivity contribution >= 4 is 39.0 Å². The van der Waals surface area contributed by atoms with Crippen molar-refractivity contribution in [1.82, 2.24) is 0 Å². The average molecular weight is 752 g/mol. The first-order chi connectivity index (χ1) is 29.2. The summed E-state index contributed by atoms with van der Waals surface area (Å²) in [5.41, 5.74) is 21.3. The van der Waals surface area contributed by atoms with Crippen molar-refractivity contribution in [1.29, 1.82) is 0 Å². The van der Waals surface area contributed by atoms with Gasteiger partial charge in [0.1, 0.15) is 11.2 Å². The molecule has 1 heterocycles. The van der Waals surface area contributed by atoms with E-state index in [-0.39, 0.29) is 5.41 Å². The zero-order chi connectivity index (χ0) is 38.9. The summed E-state index contributed by atoms with van der Waals surface area (Å²) in [5, 5.41) is 2.29. The molecule has 3 aliphatic carbocycles. The van der Waals surface area contributed by atoms with Crippen molar-refractivity contribution in [3.8, 4) is 33.4 Å². The number of rotatable bonds is 4. The second-order valence-electron chi connectivity index (χ2n) is 16.4. The van der Waals surface area contributed by atoms with Gasteiger partial charge < -0.3 is 9.32 Å². The Morgan fingerprint density at radius 3 is 1.51 bits per heavy atom. The summed E-state index contributed by atoms with van der Waals surface area (Å²) in [6, 6.07) is 76.0. The molecule has 10 aromatic rings. The first-order valence-electron chi connectivity index (χ1n) is 20.6. The van der Waals surface area contributed by atoms with Crippen LogP contribution in [0.3, 0.4) is 0 Å². The van der Waals surface area contributed by atoms with Crippen LogP contribution in [0.2, 0.25) is 0 Å². The third kappa shape index (κ3) is 4.10. The Hall–Kier alpha value is -7.42. The van der Waals surface area contributed by atoms with E-state index in [9.17, 15) is 0 Å². The van der Waals surface area contributed by atoms with E-state index >= 15 is 0 Å². The van der Waals surface area contributed by atoms with Crippen molar-refractivity contribution in [2.45, 2.75) is 17.8 Å². The zero-order valence-corrected chi connectivity index (χ0v) is 32.5. The van der Waals surface area contributed by atoms with Crippen molar-refractivity contribution in [2.75, 3.05) is 4.90 Å². The normalized spacial score (nSPS) is 14.5. The molecule has 0 unspecified atom stereocenters. The fraction of sp³-hybridized carbons (Fsp3) is 0.0526. The van der Waals surface area contributed by atoms with E-state index in [1.165, 1.54) is 77.7 Å². The van der Waals surface area contributed by atoms with Crippen molar-refractivity contribution in [2.24, 2.45) is 0 Å². The highest BCUT2D eigenvalue weighted by Gasteiger charge is 2.52. The van der Waals surface area contributed by atoms with E-state index in [4.69, 9.17) is 4.42 Å². The lowest BCUT2D eigenvalue weighted by Gasteiger charge is -2.31. The fourth-order valence-electron chi connectivity index (χ4n) is 11.4. The summed E-state index contributed by atoms with van der Waals surface area (Å²) in [5.74, 6) is 0. The minimum Gasteiger partial charge on any atom is -0.456 e. The molecule has 0 radical (unpaired) electrons. The fourth-order valence-corrected chi connectivity index (χ4v) is 11.4. The van der Waals surface area contributed by atoms with Gasteiger partial charge in [0, 0.05) is 39.2 Å². The van der Waals surface area contributed by atoms with Crippen LogP contribution >= 0.6 is 0 Å². The Kier molecular flexibility index (Phi) is 6.54. The van der Waals surface area contributed by atoms with Crippen LogP contribution in [0, 0.1) is 0 Å². The van der Waals surface area contributed by atoms with Gasteiger partial charge in [-0.15, -0.1) is 0 Å². The number of nitrogens with zero attached hydrogens (tertiary/aromatic N) is 1. The molecule has 1 spiro atoms. The first-order valence-corrected chi connectivity index (χ1v) is 20.6. The van der Waals surface area contributed by atoms with Crippen molar-refractivity contribution < 1.29 is 4.42 Å². The highest BCUT2D eigenvalue weighted by atomic mass is 16.3. The minimum absolute atomic E-state index is 0.344. The minimum atomic E-state index is -0.426. The highest BCUT2D eigenvalue weighted by molar-refractivity contribution is 6.10. The molecular formula is C57H37NO. The van der Waals surface area contributed by atoms with E-state index in [0.29, 0.717) is 0 Å². The predicted molar refractivity (Wildman–Crippen MR) is 242 cm³/mol. The van der Waals surface area contributed by atoms with Gasteiger partial charge in [-0.2, -0.15) is 0 Å². The van der Waals surface area contributed by atoms with E-state index in [1.807, 2.05) is 0 Å². The standard InChI is InChI=1S/C57H37NO/c1-56(44-24-10-5-19-38(44)39-20-6-11-25-45(39)56)49-29-16-32-52-55(49)43-34-33-37(35-53(43)59-52)58(36-17-3-2-4-18-36)51-31-15-30-50-54(51)42-23-9-14-28-48(42)57(50)46-26-12-7-21-40(46)41-22-8-13-27-47(41)57/h2-35H,1H3. The lowest BCUT2D eigenvalue weighted by atomic mass is 9.70. The molecule has 59 heavy (non-hydrogen) atoms. The van der Waals surface area contributed by atoms with Crippen molar-refractivity contribution in [3.05, 3.63) is 245 Å². The van der Waals surface area contributed by atoms with Gasteiger partial charge in [-0.25, -0.2) is 0 Å². The predicted octanol–water partition coefficient (Wildman–Crippen LogP) is 14.7. The van der Waals surface area contributed by atoms with Crippen LogP contribution in [0.5, 0.6) is 0 Å². The monoisotopic (exact) mass is 751 g/mol. The Morgan fingerprint density at radius 2 is 0.864 bits per heavy atom. The molecule has 0 amide bonds. The molecule has 13 rings (SSSR count). The number of anilines is 3. The third-order valence-electron chi connectivity index (χ3n) is 13.8. The molecule has 276 valence electrons. The summed E-state index contributed by atoms with van der Waals surface area (Å²) in [6.45, 7) is 2.39. The molecule has 2 heteroatoms. The number of hydrogen-bond acceptors (Lipinski definition) is 2. The van der Waals surface area contributed by atoms with Gasteiger partial charge >= 0.3 is 0 Å². The lowest BCUT2D eigenvalue weighted by molar-refractivity contribution is 0.666. The van der Waals surface area contributed by atoms with E-state index in [2.05, 4.69) is 218 Å². The molecule has 0 fully saturated rings. The summed E-state index contributed by atoms with van der Waals surface area (Å²) in [4.78, 5) is 2.43. The molecule has 0 bridgehead atoms. The van der Waals surface area contributed by atoms with Gasteiger partial charge in [-0.3, -0.25) is 0 Å². The molecule has 0 N–H and O–H groups in total. The molecule has 3 aliphatic rings. The maximum absolute atomic E-state index is 6.91. The second kappa shape index (κ2) is 11.8. The second-order valence-corrected chi connectivity index (χ2v) is 16.4. The van der Waals surface area contributed by atoms with Gasteiger partial charge in [-0.1, -0.05) is 164 Å². The largest absolute Gasteiger partial charge is 0.456 e. The van der Waals surface area contributed by atoms with Crippen LogP contribution in [-0.4, -0.2) is 0 Å². The van der Waals surface area contributed by atoms with E-state index < -0.39 is 5.41 Å². The number of benzene rings is 9. The topological polar surface area (TPSA) is 16.4 Å². The Bertz CT molecular complexity index is 3280. The summed E-state index contributed by atoms with van der Waals surface area (Å²) < 4.78 is 6.91. The number of para-hydroxylation sites is 1. The maximum Gasteiger partial charge on any atom is 0.137 e. The number of furan rings is 1. The Morgan fingerprint density at radius 1 is 0.373 bits per heavy atom.